The van der Waals surface area contributed by atoms with Crippen molar-refractivity contribution in [2.75, 3.05) is 0 Å². The van der Waals surface area contributed by atoms with E-state index >= 15 is 0 Å². The predicted octanol–water partition coefficient (Wildman–Crippen LogP) is 2.70. The zero-order valence-electron chi connectivity index (χ0n) is 11.1. The van der Waals surface area contributed by atoms with Gasteiger partial charge in [0.15, 0.2) is 0 Å². The molecule has 0 aromatic carbocycles. The molecule has 0 aliphatic rings. The summed E-state index contributed by atoms with van der Waals surface area (Å²) >= 11 is 0. The van der Waals surface area contributed by atoms with Crippen molar-refractivity contribution in [3.05, 3.63) is 35.4 Å². The molecule has 2 aromatic rings. The minimum absolute atomic E-state index is 0.488. The average molecular weight is 231 g/mol. The first kappa shape index (κ1) is 12.1. The van der Waals surface area contributed by atoms with E-state index in [-0.39, 0.29) is 0 Å². The van der Waals surface area contributed by atoms with E-state index in [4.69, 9.17) is 4.98 Å². The first-order valence-electron chi connectivity index (χ1n) is 6.32. The van der Waals surface area contributed by atoms with Crippen LogP contribution >= 0.6 is 0 Å². The van der Waals surface area contributed by atoms with Crippen molar-refractivity contribution in [1.29, 1.82) is 0 Å². The second kappa shape index (κ2) is 4.88. The molecule has 2 aromatic heterocycles. The number of rotatable bonds is 4. The third-order valence-corrected chi connectivity index (χ3v) is 3.00. The zero-order valence-corrected chi connectivity index (χ0v) is 11.1. The van der Waals surface area contributed by atoms with E-state index in [1.807, 2.05) is 0 Å². The molecule has 0 amide bonds. The van der Waals surface area contributed by atoms with Crippen LogP contribution in [0, 0.1) is 6.92 Å². The van der Waals surface area contributed by atoms with Gasteiger partial charge in [0.05, 0.1) is 11.2 Å². The molecule has 0 saturated heterocycles. The Balaban J connectivity index is 2.46. The Kier molecular flexibility index (Phi) is 3.48. The van der Waals surface area contributed by atoms with Crippen molar-refractivity contribution < 1.29 is 0 Å². The highest BCUT2D eigenvalue weighted by Crippen LogP contribution is 2.16. The Morgan fingerprint density at radius 3 is 2.76 bits per heavy atom. The van der Waals surface area contributed by atoms with Crippen molar-refractivity contribution >= 4 is 5.52 Å². The van der Waals surface area contributed by atoms with Crippen LogP contribution in [0.4, 0.5) is 0 Å². The SMILES string of the molecule is CCc1nc(CNC(C)C)c2cccc(C)n12. The fourth-order valence-corrected chi connectivity index (χ4v) is 2.12. The summed E-state index contributed by atoms with van der Waals surface area (Å²) in [7, 11) is 0. The maximum atomic E-state index is 4.74. The van der Waals surface area contributed by atoms with Crippen molar-refractivity contribution in [1.82, 2.24) is 14.7 Å². The van der Waals surface area contributed by atoms with Gasteiger partial charge in [0.2, 0.25) is 0 Å². The lowest BCUT2D eigenvalue weighted by Crippen LogP contribution is -2.22. The number of nitrogens with zero attached hydrogens (tertiary/aromatic N) is 2. The maximum absolute atomic E-state index is 4.74. The molecule has 0 aliphatic carbocycles. The summed E-state index contributed by atoms with van der Waals surface area (Å²) in [4.78, 5) is 4.74. The van der Waals surface area contributed by atoms with Gasteiger partial charge in [-0.15, -0.1) is 0 Å². The molecule has 92 valence electrons. The lowest BCUT2D eigenvalue weighted by atomic mass is 10.3. The maximum Gasteiger partial charge on any atom is 0.113 e. The van der Waals surface area contributed by atoms with Gasteiger partial charge in [-0.2, -0.15) is 0 Å². The van der Waals surface area contributed by atoms with Crippen LogP contribution in [-0.4, -0.2) is 15.4 Å². The summed E-state index contributed by atoms with van der Waals surface area (Å²) in [6.45, 7) is 9.44. The highest BCUT2D eigenvalue weighted by molar-refractivity contribution is 5.54. The molecule has 0 radical (unpaired) electrons. The van der Waals surface area contributed by atoms with E-state index < -0.39 is 0 Å². The number of pyridine rings is 1. The van der Waals surface area contributed by atoms with Crippen molar-refractivity contribution in [2.24, 2.45) is 0 Å². The Morgan fingerprint density at radius 2 is 2.12 bits per heavy atom. The summed E-state index contributed by atoms with van der Waals surface area (Å²) in [5.41, 5.74) is 3.64. The van der Waals surface area contributed by atoms with Crippen LogP contribution in [-0.2, 0) is 13.0 Å². The van der Waals surface area contributed by atoms with Gasteiger partial charge < -0.3 is 9.72 Å². The number of imidazole rings is 1. The number of aromatic nitrogens is 2. The highest BCUT2D eigenvalue weighted by atomic mass is 15.1. The Morgan fingerprint density at radius 1 is 1.35 bits per heavy atom. The number of hydrogen-bond acceptors (Lipinski definition) is 2. The van der Waals surface area contributed by atoms with Gasteiger partial charge in [-0.1, -0.05) is 26.8 Å². The average Bonchev–Trinajstić information content (AvgIpc) is 2.66. The molecule has 0 bridgehead atoms. The van der Waals surface area contributed by atoms with Crippen LogP contribution < -0.4 is 5.32 Å². The van der Waals surface area contributed by atoms with Crippen LogP contribution in [0.3, 0.4) is 0 Å². The Labute approximate surface area is 103 Å². The third-order valence-electron chi connectivity index (χ3n) is 3.00. The van der Waals surface area contributed by atoms with Gasteiger partial charge in [0.25, 0.3) is 0 Å². The topological polar surface area (TPSA) is 29.3 Å². The largest absolute Gasteiger partial charge is 0.309 e. The minimum atomic E-state index is 0.488. The zero-order chi connectivity index (χ0) is 12.4. The smallest absolute Gasteiger partial charge is 0.113 e. The van der Waals surface area contributed by atoms with Crippen molar-refractivity contribution in [3.8, 4) is 0 Å². The Bertz CT molecular complexity index is 511. The highest BCUT2D eigenvalue weighted by Gasteiger charge is 2.10. The summed E-state index contributed by atoms with van der Waals surface area (Å²) in [6.07, 6.45) is 0.966. The van der Waals surface area contributed by atoms with E-state index in [9.17, 15) is 0 Å². The van der Waals surface area contributed by atoms with Crippen molar-refractivity contribution in [2.45, 2.75) is 46.7 Å². The molecule has 2 rings (SSSR count). The lowest BCUT2D eigenvalue weighted by Gasteiger charge is -2.06. The predicted molar refractivity (Wildman–Crippen MR) is 71.3 cm³/mol. The van der Waals surface area contributed by atoms with Crippen LogP contribution in [0.1, 0.15) is 38.0 Å². The quantitative estimate of drug-likeness (QED) is 0.876. The van der Waals surface area contributed by atoms with Gasteiger partial charge in [0, 0.05) is 24.7 Å². The molecule has 17 heavy (non-hydrogen) atoms. The molecule has 0 unspecified atom stereocenters. The molecule has 0 spiro atoms. The van der Waals surface area contributed by atoms with Crippen LogP contribution in [0.15, 0.2) is 18.2 Å². The second-order valence-corrected chi connectivity index (χ2v) is 4.75. The van der Waals surface area contributed by atoms with Gasteiger partial charge in [-0.05, 0) is 19.1 Å². The molecule has 2 heterocycles. The van der Waals surface area contributed by atoms with E-state index in [0.29, 0.717) is 6.04 Å². The van der Waals surface area contributed by atoms with Gasteiger partial charge >= 0.3 is 0 Å². The van der Waals surface area contributed by atoms with E-state index in [0.717, 1.165) is 24.5 Å². The van der Waals surface area contributed by atoms with Crippen LogP contribution in [0.25, 0.3) is 5.52 Å². The first-order valence-corrected chi connectivity index (χ1v) is 6.32. The third kappa shape index (κ3) is 2.34. The molecule has 3 nitrogen and oxygen atoms in total. The summed E-state index contributed by atoms with van der Waals surface area (Å²) < 4.78 is 2.26. The summed E-state index contributed by atoms with van der Waals surface area (Å²) in [5, 5.41) is 3.43. The molecule has 0 saturated carbocycles. The van der Waals surface area contributed by atoms with Crippen LogP contribution in [0.2, 0.25) is 0 Å². The fourth-order valence-electron chi connectivity index (χ4n) is 2.12. The molecule has 0 fully saturated rings. The molecule has 3 heteroatoms. The van der Waals surface area contributed by atoms with Crippen molar-refractivity contribution in [3.63, 3.8) is 0 Å². The fraction of sp³-hybridized carbons (Fsp3) is 0.500. The summed E-state index contributed by atoms with van der Waals surface area (Å²) in [6, 6.07) is 6.87. The van der Waals surface area contributed by atoms with E-state index in [1.165, 1.54) is 11.2 Å². The molecule has 0 atom stereocenters. The number of fused-ring (bicyclic) bond motifs is 1. The van der Waals surface area contributed by atoms with Gasteiger partial charge in [-0.25, -0.2) is 4.98 Å². The lowest BCUT2D eigenvalue weighted by molar-refractivity contribution is 0.584. The number of aryl methyl sites for hydroxylation is 2. The molecular weight excluding hydrogens is 210 g/mol. The number of hydrogen-bond donors (Lipinski definition) is 1. The first-order chi connectivity index (χ1) is 8.13. The van der Waals surface area contributed by atoms with Gasteiger partial charge in [0.1, 0.15) is 5.82 Å². The van der Waals surface area contributed by atoms with Crippen LogP contribution in [0.5, 0.6) is 0 Å². The Hall–Kier alpha value is -1.35. The summed E-state index contributed by atoms with van der Waals surface area (Å²) in [5.74, 6) is 1.15. The molecular formula is C14H21N3. The van der Waals surface area contributed by atoms with Gasteiger partial charge in [-0.3, -0.25) is 0 Å². The standard InChI is InChI=1S/C14H21N3/c1-5-14-16-12(9-15-10(2)3)13-8-6-7-11(4)17(13)14/h6-8,10,15H,5,9H2,1-4H3. The van der Waals surface area contributed by atoms with E-state index in [1.54, 1.807) is 0 Å². The van der Waals surface area contributed by atoms with E-state index in [2.05, 4.69) is 55.6 Å². The molecule has 0 aliphatic heterocycles. The second-order valence-electron chi connectivity index (χ2n) is 4.75. The minimum Gasteiger partial charge on any atom is -0.309 e. The normalized spacial score (nSPS) is 11.6. The number of nitrogens with one attached hydrogen (secondary N) is 1. The monoisotopic (exact) mass is 231 g/mol. The molecule has 1 N–H and O–H groups in total.